The lowest BCUT2D eigenvalue weighted by molar-refractivity contribution is -0.116. The van der Waals surface area contributed by atoms with Crippen LogP contribution in [0.2, 0.25) is 5.02 Å². The zero-order valence-corrected chi connectivity index (χ0v) is 16.8. The number of anilines is 1. The van der Waals surface area contributed by atoms with E-state index >= 15 is 0 Å². The molecule has 29 heavy (non-hydrogen) atoms. The van der Waals surface area contributed by atoms with Crippen LogP contribution in [0.25, 0.3) is 11.4 Å². The number of nitrogens with one attached hydrogen (secondary N) is 2. The number of halogens is 1. The lowest BCUT2D eigenvalue weighted by Gasteiger charge is -2.09. The van der Waals surface area contributed by atoms with E-state index in [1.807, 2.05) is 35.8 Å². The molecule has 0 aliphatic heterocycles. The van der Waals surface area contributed by atoms with Crippen LogP contribution < -0.4 is 10.6 Å². The highest BCUT2D eigenvalue weighted by atomic mass is 35.5. The molecule has 0 bridgehead atoms. The summed E-state index contributed by atoms with van der Waals surface area (Å²) in [5.74, 6) is 0.461. The largest absolute Gasteiger partial charge is 0.352 e. The molecule has 2 amide bonds. The van der Waals surface area contributed by atoms with Gasteiger partial charge in [-0.15, -0.1) is 10.2 Å². The van der Waals surface area contributed by atoms with Gasteiger partial charge in [0.1, 0.15) is 6.33 Å². The van der Waals surface area contributed by atoms with Crippen molar-refractivity contribution in [3.05, 3.63) is 65.4 Å². The van der Waals surface area contributed by atoms with E-state index in [0.717, 1.165) is 17.9 Å². The van der Waals surface area contributed by atoms with Gasteiger partial charge in [-0.2, -0.15) is 0 Å². The number of nitrogens with zero attached hydrogens (tertiary/aromatic N) is 3. The van der Waals surface area contributed by atoms with Crippen molar-refractivity contribution in [1.82, 2.24) is 20.1 Å². The maximum Gasteiger partial charge on any atom is 0.251 e. The third-order valence-corrected chi connectivity index (χ3v) is 4.59. The molecular weight excluding hydrogens is 390 g/mol. The van der Waals surface area contributed by atoms with Gasteiger partial charge < -0.3 is 15.2 Å². The van der Waals surface area contributed by atoms with Crippen molar-refractivity contribution in [1.29, 1.82) is 0 Å². The first-order chi connectivity index (χ1) is 14.1. The van der Waals surface area contributed by atoms with E-state index in [1.54, 1.807) is 30.6 Å². The Labute approximate surface area is 174 Å². The molecule has 3 aromatic rings. The number of hydrogen-bond acceptors (Lipinski definition) is 4. The zero-order chi connectivity index (χ0) is 20.6. The molecule has 0 fully saturated rings. The minimum atomic E-state index is -0.185. The van der Waals surface area contributed by atoms with Gasteiger partial charge in [0, 0.05) is 41.3 Å². The van der Waals surface area contributed by atoms with Gasteiger partial charge >= 0.3 is 0 Å². The van der Waals surface area contributed by atoms with E-state index in [-0.39, 0.29) is 11.8 Å². The number of carbonyl (C=O) groups is 2. The summed E-state index contributed by atoms with van der Waals surface area (Å²) in [4.78, 5) is 24.2. The van der Waals surface area contributed by atoms with E-state index in [4.69, 9.17) is 11.6 Å². The highest BCUT2D eigenvalue weighted by Crippen LogP contribution is 2.21. The van der Waals surface area contributed by atoms with Crippen LogP contribution in [0.3, 0.4) is 0 Å². The molecule has 0 aliphatic carbocycles. The Balaban J connectivity index is 1.47. The summed E-state index contributed by atoms with van der Waals surface area (Å²) in [6.07, 6.45) is 2.52. The van der Waals surface area contributed by atoms with Gasteiger partial charge in [0.2, 0.25) is 5.91 Å². The zero-order valence-electron chi connectivity index (χ0n) is 16.1. The van der Waals surface area contributed by atoms with E-state index < -0.39 is 0 Å². The second-order valence-corrected chi connectivity index (χ2v) is 6.87. The molecule has 2 N–H and O–H groups in total. The van der Waals surface area contributed by atoms with Crippen molar-refractivity contribution in [3.63, 3.8) is 0 Å². The molecule has 3 rings (SSSR count). The minimum Gasteiger partial charge on any atom is -0.352 e. The van der Waals surface area contributed by atoms with Crippen LogP contribution in [0.1, 0.15) is 30.1 Å². The summed E-state index contributed by atoms with van der Waals surface area (Å²) in [5.41, 5.74) is 2.12. The van der Waals surface area contributed by atoms with Crippen LogP contribution in [0, 0.1) is 0 Å². The Hall–Kier alpha value is -3.19. The maximum absolute atomic E-state index is 12.2. The molecule has 1 aromatic heterocycles. The SMILES string of the molecule is CCn1cnnc1-c1cccc(NC(=O)CCCNC(=O)c2ccc(Cl)cc2)c1. The smallest absolute Gasteiger partial charge is 0.251 e. The van der Waals surface area contributed by atoms with Gasteiger partial charge in [-0.05, 0) is 49.7 Å². The van der Waals surface area contributed by atoms with E-state index in [1.165, 1.54) is 0 Å². The van der Waals surface area contributed by atoms with Gasteiger partial charge in [0.25, 0.3) is 5.91 Å². The highest BCUT2D eigenvalue weighted by molar-refractivity contribution is 6.30. The lowest BCUT2D eigenvalue weighted by Crippen LogP contribution is -2.25. The third kappa shape index (κ3) is 5.65. The molecule has 0 aliphatic rings. The fourth-order valence-electron chi connectivity index (χ4n) is 2.82. The van der Waals surface area contributed by atoms with E-state index in [2.05, 4.69) is 20.8 Å². The first-order valence-electron chi connectivity index (χ1n) is 9.38. The third-order valence-electron chi connectivity index (χ3n) is 4.33. The summed E-state index contributed by atoms with van der Waals surface area (Å²) < 4.78 is 1.93. The van der Waals surface area contributed by atoms with Crippen LogP contribution >= 0.6 is 11.6 Å². The van der Waals surface area contributed by atoms with Gasteiger partial charge in [-0.25, -0.2) is 0 Å². The fraction of sp³-hybridized carbons (Fsp3) is 0.238. The van der Waals surface area contributed by atoms with E-state index in [9.17, 15) is 9.59 Å². The molecule has 0 radical (unpaired) electrons. The molecule has 0 unspecified atom stereocenters. The van der Waals surface area contributed by atoms with Crippen LogP contribution in [-0.2, 0) is 11.3 Å². The van der Waals surface area contributed by atoms with E-state index in [0.29, 0.717) is 35.7 Å². The van der Waals surface area contributed by atoms with Crippen molar-refractivity contribution in [2.24, 2.45) is 0 Å². The molecule has 0 saturated heterocycles. The molecule has 1 heterocycles. The van der Waals surface area contributed by atoms with Crippen LogP contribution in [-0.4, -0.2) is 33.1 Å². The second-order valence-electron chi connectivity index (χ2n) is 6.44. The van der Waals surface area contributed by atoms with Gasteiger partial charge in [0.15, 0.2) is 5.82 Å². The molecule has 8 heteroatoms. The Morgan fingerprint density at radius 2 is 1.93 bits per heavy atom. The number of rotatable bonds is 8. The first-order valence-corrected chi connectivity index (χ1v) is 9.76. The molecule has 7 nitrogen and oxygen atoms in total. The molecular formula is C21H22ClN5O2. The lowest BCUT2D eigenvalue weighted by atomic mass is 10.1. The van der Waals surface area contributed by atoms with Gasteiger partial charge in [-0.1, -0.05) is 23.7 Å². The average molecular weight is 412 g/mol. The Kier molecular flexibility index (Phi) is 6.97. The van der Waals surface area contributed by atoms with Gasteiger partial charge in [-0.3, -0.25) is 9.59 Å². The summed E-state index contributed by atoms with van der Waals surface area (Å²) in [7, 11) is 0. The molecule has 0 saturated carbocycles. The molecule has 150 valence electrons. The second kappa shape index (κ2) is 9.84. The number of carbonyl (C=O) groups excluding carboxylic acids is 2. The van der Waals surface area contributed by atoms with Crippen molar-refractivity contribution in [2.75, 3.05) is 11.9 Å². The Bertz CT molecular complexity index is 985. The number of hydrogen-bond donors (Lipinski definition) is 2. The maximum atomic E-state index is 12.2. The first kappa shape index (κ1) is 20.5. The monoisotopic (exact) mass is 411 g/mol. The van der Waals surface area contributed by atoms with Gasteiger partial charge in [0.05, 0.1) is 0 Å². The highest BCUT2D eigenvalue weighted by Gasteiger charge is 2.09. The number of benzene rings is 2. The van der Waals surface area contributed by atoms with Crippen LogP contribution in [0.4, 0.5) is 5.69 Å². The quantitative estimate of drug-likeness (QED) is 0.552. The van der Waals surface area contributed by atoms with Crippen LogP contribution in [0.5, 0.6) is 0 Å². The number of aromatic nitrogens is 3. The Morgan fingerprint density at radius 3 is 2.69 bits per heavy atom. The summed E-state index contributed by atoms with van der Waals surface area (Å²) in [6.45, 7) is 3.19. The summed E-state index contributed by atoms with van der Waals surface area (Å²) in [6, 6.07) is 14.2. The molecule has 2 aromatic carbocycles. The predicted molar refractivity (Wildman–Crippen MR) is 113 cm³/mol. The standard InChI is InChI=1S/C21H22ClN5O2/c1-2-27-14-24-26-20(27)16-5-3-6-18(13-16)25-19(28)7-4-12-23-21(29)15-8-10-17(22)11-9-15/h3,5-6,8-11,13-14H,2,4,7,12H2,1H3,(H,23,29)(H,25,28). The summed E-state index contributed by atoms with van der Waals surface area (Å²) in [5, 5.41) is 14.3. The summed E-state index contributed by atoms with van der Waals surface area (Å²) >= 11 is 5.81. The Morgan fingerprint density at radius 1 is 1.14 bits per heavy atom. The normalized spacial score (nSPS) is 10.6. The molecule has 0 atom stereocenters. The van der Waals surface area contributed by atoms with Crippen molar-refractivity contribution in [2.45, 2.75) is 26.3 Å². The molecule has 0 spiro atoms. The fourth-order valence-corrected chi connectivity index (χ4v) is 2.95. The average Bonchev–Trinajstić information content (AvgIpc) is 3.21. The number of amides is 2. The minimum absolute atomic E-state index is 0.111. The van der Waals surface area contributed by atoms with Crippen molar-refractivity contribution < 1.29 is 9.59 Å². The number of aryl methyl sites for hydroxylation is 1. The predicted octanol–water partition coefficient (Wildman–Crippen LogP) is 3.77. The van der Waals surface area contributed by atoms with Crippen molar-refractivity contribution in [3.8, 4) is 11.4 Å². The van der Waals surface area contributed by atoms with Crippen molar-refractivity contribution >= 4 is 29.1 Å². The van der Waals surface area contributed by atoms with Crippen LogP contribution in [0.15, 0.2) is 54.9 Å². The topological polar surface area (TPSA) is 88.9 Å².